The fourth-order valence-corrected chi connectivity index (χ4v) is 3.33. The van der Waals surface area contributed by atoms with Gasteiger partial charge in [-0.05, 0) is 57.0 Å². The van der Waals surface area contributed by atoms with Gasteiger partial charge in [-0.2, -0.15) is 0 Å². The Morgan fingerprint density at radius 2 is 2.12 bits per heavy atom. The number of nitrogens with one attached hydrogen (secondary N) is 1. The molecule has 1 fully saturated rings. The minimum atomic E-state index is -0.0608. The monoisotopic (exact) mass is 353 g/mol. The normalized spacial score (nSPS) is 17.8. The van der Waals surface area contributed by atoms with E-state index in [1.165, 1.54) is 0 Å². The molecule has 2 aromatic heterocycles. The molecule has 2 aromatic rings. The number of carbonyl (C=O) groups excluding carboxylic acids is 1. The van der Waals surface area contributed by atoms with Gasteiger partial charge < -0.3 is 4.90 Å². The number of hydrogen-bond donors (Lipinski definition) is 1. The van der Waals surface area contributed by atoms with Crippen LogP contribution in [0.3, 0.4) is 0 Å². The van der Waals surface area contributed by atoms with Gasteiger partial charge in [0.1, 0.15) is 5.82 Å². The molecular weight excluding hydrogens is 326 g/mol. The highest BCUT2D eigenvalue weighted by atomic mass is 16.2. The molecule has 0 bridgehead atoms. The van der Waals surface area contributed by atoms with E-state index in [2.05, 4.69) is 33.3 Å². The molecule has 1 aliphatic rings. The number of aryl methyl sites for hydroxylation is 1. The second-order valence-corrected chi connectivity index (χ2v) is 6.96. The summed E-state index contributed by atoms with van der Waals surface area (Å²) in [6.45, 7) is 4.36. The van der Waals surface area contributed by atoms with Gasteiger partial charge in [-0.15, -0.1) is 0 Å². The van der Waals surface area contributed by atoms with E-state index in [9.17, 15) is 4.79 Å². The Kier molecular flexibility index (Phi) is 6.17. The summed E-state index contributed by atoms with van der Waals surface area (Å²) < 4.78 is 0. The largest absolute Gasteiger partial charge is 0.324 e. The topological polar surface area (TPSA) is 61.4 Å². The number of hydrogen-bond acceptors (Lipinski definition) is 4. The lowest BCUT2D eigenvalue weighted by atomic mass is 10.1. The van der Waals surface area contributed by atoms with E-state index in [0.29, 0.717) is 11.9 Å². The van der Waals surface area contributed by atoms with Crippen LogP contribution in [0, 0.1) is 6.92 Å². The van der Waals surface area contributed by atoms with Gasteiger partial charge in [-0.25, -0.2) is 9.78 Å². The smallest absolute Gasteiger partial charge is 0.323 e. The Labute approximate surface area is 155 Å². The SMILES string of the molecule is Cc1ccc(NC(=O)N2CCCC(N(C)Cc3ccccn3)CC2)nc1. The van der Waals surface area contributed by atoms with Gasteiger partial charge in [0.2, 0.25) is 0 Å². The molecule has 0 saturated carbocycles. The third-order valence-electron chi connectivity index (χ3n) is 4.89. The molecule has 3 heterocycles. The summed E-state index contributed by atoms with van der Waals surface area (Å²) in [6, 6.07) is 10.2. The van der Waals surface area contributed by atoms with Gasteiger partial charge in [-0.3, -0.25) is 15.2 Å². The molecule has 1 N–H and O–H groups in total. The first-order valence-electron chi connectivity index (χ1n) is 9.20. The van der Waals surface area contributed by atoms with E-state index in [4.69, 9.17) is 0 Å². The summed E-state index contributed by atoms with van der Waals surface area (Å²) in [5.74, 6) is 0.605. The van der Waals surface area contributed by atoms with Crippen LogP contribution in [0.2, 0.25) is 0 Å². The zero-order valence-electron chi connectivity index (χ0n) is 15.6. The van der Waals surface area contributed by atoms with Crippen molar-refractivity contribution in [2.75, 3.05) is 25.5 Å². The number of carbonyl (C=O) groups is 1. The molecule has 1 aliphatic heterocycles. The summed E-state index contributed by atoms with van der Waals surface area (Å²) in [5, 5.41) is 2.90. The quantitative estimate of drug-likeness (QED) is 0.916. The van der Waals surface area contributed by atoms with Gasteiger partial charge >= 0.3 is 6.03 Å². The second kappa shape index (κ2) is 8.76. The van der Waals surface area contributed by atoms with Crippen LogP contribution in [0.1, 0.15) is 30.5 Å². The molecule has 6 nitrogen and oxygen atoms in total. The summed E-state index contributed by atoms with van der Waals surface area (Å²) >= 11 is 0. The van der Waals surface area contributed by atoms with E-state index in [-0.39, 0.29) is 6.03 Å². The number of aromatic nitrogens is 2. The lowest BCUT2D eigenvalue weighted by molar-refractivity contribution is 0.200. The van der Waals surface area contributed by atoms with Crippen molar-refractivity contribution < 1.29 is 4.79 Å². The summed E-state index contributed by atoms with van der Waals surface area (Å²) in [6.07, 6.45) is 6.67. The van der Waals surface area contributed by atoms with Crippen LogP contribution in [-0.2, 0) is 6.54 Å². The van der Waals surface area contributed by atoms with Crippen molar-refractivity contribution in [1.82, 2.24) is 19.8 Å². The maximum atomic E-state index is 12.5. The average molecular weight is 353 g/mol. The fourth-order valence-electron chi connectivity index (χ4n) is 3.33. The Hall–Kier alpha value is -2.47. The Morgan fingerprint density at radius 3 is 2.85 bits per heavy atom. The number of likely N-dealkylation sites (tertiary alicyclic amines) is 1. The summed E-state index contributed by atoms with van der Waals surface area (Å²) in [4.78, 5) is 25.4. The van der Waals surface area contributed by atoms with E-state index in [1.807, 2.05) is 42.3 Å². The highest BCUT2D eigenvalue weighted by molar-refractivity contribution is 5.88. The Balaban J connectivity index is 1.52. The molecule has 138 valence electrons. The molecule has 0 radical (unpaired) electrons. The van der Waals surface area contributed by atoms with Crippen LogP contribution in [-0.4, -0.2) is 52.0 Å². The minimum absolute atomic E-state index is 0.0608. The van der Waals surface area contributed by atoms with Crippen molar-refractivity contribution in [3.8, 4) is 0 Å². The number of amides is 2. The highest BCUT2D eigenvalue weighted by Crippen LogP contribution is 2.18. The van der Waals surface area contributed by atoms with Crippen molar-refractivity contribution in [2.45, 2.75) is 38.8 Å². The van der Waals surface area contributed by atoms with Gasteiger partial charge in [-0.1, -0.05) is 12.1 Å². The summed E-state index contributed by atoms with van der Waals surface area (Å²) in [7, 11) is 2.14. The van der Waals surface area contributed by atoms with Crippen LogP contribution in [0.25, 0.3) is 0 Å². The molecule has 1 atom stereocenters. The third-order valence-corrected chi connectivity index (χ3v) is 4.89. The maximum Gasteiger partial charge on any atom is 0.323 e. The van der Waals surface area contributed by atoms with E-state index in [1.54, 1.807) is 6.20 Å². The van der Waals surface area contributed by atoms with Crippen LogP contribution in [0.4, 0.5) is 10.6 Å². The van der Waals surface area contributed by atoms with Crippen molar-refractivity contribution in [2.24, 2.45) is 0 Å². The predicted octanol–water partition coefficient (Wildman–Crippen LogP) is 3.30. The molecule has 6 heteroatoms. The van der Waals surface area contributed by atoms with Crippen LogP contribution in [0.5, 0.6) is 0 Å². The molecule has 3 rings (SSSR count). The zero-order valence-corrected chi connectivity index (χ0v) is 15.6. The van der Waals surface area contributed by atoms with Gasteiger partial charge in [0, 0.05) is 38.1 Å². The number of anilines is 1. The minimum Gasteiger partial charge on any atom is -0.324 e. The first-order valence-corrected chi connectivity index (χ1v) is 9.20. The van der Waals surface area contributed by atoms with Crippen molar-refractivity contribution >= 4 is 11.8 Å². The number of rotatable bonds is 4. The Bertz CT molecular complexity index is 704. The molecule has 1 saturated heterocycles. The van der Waals surface area contributed by atoms with Gasteiger partial charge in [0.15, 0.2) is 0 Å². The van der Waals surface area contributed by atoms with Crippen LogP contribution >= 0.6 is 0 Å². The van der Waals surface area contributed by atoms with Crippen LogP contribution < -0.4 is 5.32 Å². The first-order chi connectivity index (χ1) is 12.6. The first kappa shape index (κ1) is 18.3. The molecule has 1 unspecified atom stereocenters. The van der Waals surface area contributed by atoms with Crippen LogP contribution in [0.15, 0.2) is 42.7 Å². The van der Waals surface area contributed by atoms with Crippen molar-refractivity contribution in [1.29, 1.82) is 0 Å². The predicted molar refractivity (Wildman–Crippen MR) is 103 cm³/mol. The van der Waals surface area contributed by atoms with E-state index in [0.717, 1.165) is 50.2 Å². The average Bonchev–Trinajstić information content (AvgIpc) is 2.91. The molecule has 26 heavy (non-hydrogen) atoms. The van der Waals surface area contributed by atoms with E-state index < -0.39 is 0 Å². The number of urea groups is 1. The van der Waals surface area contributed by atoms with Crippen molar-refractivity contribution in [3.05, 3.63) is 54.0 Å². The molecular formula is C20H27N5O. The molecule has 0 aromatic carbocycles. The number of nitrogens with zero attached hydrogens (tertiary/aromatic N) is 4. The maximum absolute atomic E-state index is 12.5. The fraction of sp³-hybridized carbons (Fsp3) is 0.450. The Morgan fingerprint density at radius 1 is 1.23 bits per heavy atom. The molecule has 2 amide bonds. The lowest BCUT2D eigenvalue weighted by Crippen LogP contribution is -2.37. The zero-order chi connectivity index (χ0) is 18.4. The molecule has 0 aliphatic carbocycles. The third kappa shape index (κ3) is 5.02. The second-order valence-electron chi connectivity index (χ2n) is 6.96. The number of pyridine rings is 2. The van der Waals surface area contributed by atoms with E-state index >= 15 is 0 Å². The highest BCUT2D eigenvalue weighted by Gasteiger charge is 2.23. The standard InChI is InChI=1S/C20H27N5O/c1-16-8-9-19(22-14-16)23-20(26)25-12-5-7-18(10-13-25)24(2)15-17-6-3-4-11-21-17/h3-4,6,8-9,11,14,18H,5,7,10,12-13,15H2,1-2H3,(H,22,23,26). The summed E-state index contributed by atoms with van der Waals surface area (Å²) in [5.41, 5.74) is 2.16. The molecule has 0 spiro atoms. The van der Waals surface area contributed by atoms with Crippen molar-refractivity contribution in [3.63, 3.8) is 0 Å². The van der Waals surface area contributed by atoms with Gasteiger partial charge in [0.05, 0.1) is 5.69 Å². The van der Waals surface area contributed by atoms with Gasteiger partial charge in [0.25, 0.3) is 0 Å². The lowest BCUT2D eigenvalue weighted by Gasteiger charge is -2.27.